The number of benzene rings is 2. The predicted molar refractivity (Wildman–Crippen MR) is 89.7 cm³/mol. The molecule has 0 spiro atoms. The van der Waals surface area contributed by atoms with Gasteiger partial charge in [-0.3, -0.25) is 4.98 Å². The number of hydrogen-bond donors (Lipinski definition) is 1. The number of aromatic nitrogens is 4. The Morgan fingerprint density at radius 1 is 0.923 bits per heavy atom. The standard InChI is InChI=1S/C18H13F3N4O/c19-18(20,21)26-12-6-7-15-16(9-12)25-17(24-15)8-5-11-10-22-13-3-1-2-4-14(13)23-11/h1-4,6-7,9-10H,5,8H2,(H,24,25). The van der Waals surface area contributed by atoms with Crippen molar-refractivity contribution in [2.75, 3.05) is 0 Å². The number of halogens is 3. The van der Waals surface area contributed by atoms with Gasteiger partial charge < -0.3 is 9.72 Å². The van der Waals surface area contributed by atoms with E-state index in [1.807, 2.05) is 24.3 Å². The van der Waals surface area contributed by atoms with Crippen molar-refractivity contribution in [1.82, 2.24) is 19.9 Å². The van der Waals surface area contributed by atoms with Crippen molar-refractivity contribution in [1.29, 1.82) is 0 Å². The summed E-state index contributed by atoms with van der Waals surface area (Å²) < 4.78 is 40.8. The first-order valence-electron chi connectivity index (χ1n) is 7.91. The first kappa shape index (κ1) is 16.3. The first-order chi connectivity index (χ1) is 12.5. The molecule has 26 heavy (non-hydrogen) atoms. The average Bonchev–Trinajstić information content (AvgIpc) is 3.00. The number of alkyl halides is 3. The molecule has 0 amide bonds. The summed E-state index contributed by atoms with van der Waals surface area (Å²) in [5.74, 6) is 0.377. The monoisotopic (exact) mass is 358 g/mol. The third-order valence-electron chi connectivity index (χ3n) is 3.85. The van der Waals surface area contributed by atoms with Crippen molar-refractivity contribution in [2.45, 2.75) is 19.2 Å². The number of H-pyrrole nitrogens is 1. The zero-order valence-electron chi connectivity index (χ0n) is 13.4. The van der Waals surface area contributed by atoms with Gasteiger partial charge in [-0.25, -0.2) is 9.97 Å². The highest BCUT2D eigenvalue weighted by atomic mass is 19.4. The molecule has 0 saturated carbocycles. The lowest BCUT2D eigenvalue weighted by Crippen LogP contribution is -2.16. The quantitative estimate of drug-likeness (QED) is 0.594. The van der Waals surface area contributed by atoms with Crippen molar-refractivity contribution in [3.63, 3.8) is 0 Å². The Hall–Kier alpha value is -3.16. The largest absolute Gasteiger partial charge is 0.573 e. The minimum Gasteiger partial charge on any atom is -0.406 e. The molecule has 0 unspecified atom stereocenters. The Labute approximate surface area is 145 Å². The Bertz CT molecular complexity index is 1070. The van der Waals surface area contributed by atoms with Crippen LogP contribution >= 0.6 is 0 Å². The summed E-state index contributed by atoms with van der Waals surface area (Å²) in [5.41, 5.74) is 3.55. The summed E-state index contributed by atoms with van der Waals surface area (Å²) in [6.45, 7) is 0. The summed E-state index contributed by atoms with van der Waals surface area (Å²) >= 11 is 0. The third kappa shape index (κ3) is 3.58. The number of aromatic amines is 1. The fourth-order valence-electron chi connectivity index (χ4n) is 2.72. The van der Waals surface area contributed by atoms with Gasteiger partial charge in [-0.1, -0.05) is 12.1 Å². The van der Waals surface area contributed by atoms with E-state index in [9.17, 15) is 13.2 Å². The van der Waals surface area contributed by atoms with Crippen molar-refractivity contribution in [3.8, 4) is 5.75 Å². The molecule has 2 heterocycles. The molecule has 132 valence electrons. The number of ether oxygens (including phenoxy) is 1. The van der Waals surface area contributed by atoms with Crippen molar-refractivity contribution in [2.24, 2.45) is 0 Å². The van der Waals surface area contributed by atoms with Crippen LogP contribution in [-0.4, -0.2) is 26.3 Å². The Morgan fingerprint density at radius 2 is 1.73 bits per heavy atom. The van der Waals surface area contributed by atoms with Gasteiger partial charge in [0.15, 0.2) is 0 Å². The molecule has 4 aromatic rings. The maximum Gasteiger partial charge on any atom is 0.573 e. The van der Waals surface area contributed by atoms with E-state index >= 15 is 0 Å². The van der Waals surface area contributed by atoms with Gasteiger partial charge in [-0.2, -0.15) is 0 Å². The van der Waals surface area contributed by atoms with Crippen LogP contribution in [0.5, 0.6) is 5.75 Å². The smallest absolute Gasteiger partial charge is 0.406 e. The van der Waals surface area contributed by atoms with E-state index < -0.39 is 6.36 Å². The molecule has 0 saturated heterocycles. The number of imidazole rings is 1. The maximum atomic E-state index is 12.3. The molecule has 5 nitrogen and oxygen atoms in total. The van der Waals surface area contributed by atoms with E-state index in [-0.39, 0.29) is 5.75 Å². The van der Waals surface area contributed by atoms with Crippen LogP contribution in [0.3, 0.4) is 0 Å². The molecule has 0 fully saturated rings. The lowest BCUT2D eigenvalue weighted by atomic mass is 10.2. The summed E-state index contributed by atoms with van der Waals surface area (Å²) in [4.78, 5) is 16.3. The lowest BCUT2D eigenvalue weighted by molar-refractivity contribution is -0.274. The normalized spacial score (nSPS) is 12.0. The van der Waals surface area contributed by atoms with Crippen LogP contribution in [0.2, 0.25) is 0 Å². The molecule has 8 heteroatoms. The van der Waals surface area contributed by atoms with Crippen LogP contribution < -0.4 is 4.74 Å². The van der Waals surface area contributed by atoms with E-state index in [1.54, 1.807) is 6.20 Å². The first-order valence-corrected chi connectivity index (χ1v) is 7.91. The highest BCUT2D eigenvalue weighted by Gasteiger charge is 2.31. The molecule has 0 bridgehead atoms. The van der Waals surface area contributed by atoms with Crippen LogP contribution in [0, 0.1) is 0 Å². The second kappa shape index (κ2) is 6.29. The molecule has 0 radical (unpaired) electrons. The minimum absolute atomic E-state index is 0.288. The lowest BCUT2D eigenvalue weighted by Gasteiger charge is -2.07. The number of fused-ring (bicyclic) bond motifs is 2. The molecular formula is C18H13F3N4O. The van der Waals surface area contributed by atoms with Gasteiger partial charge in [0.25, 0.3) is 0 Å². The molecule has 0 aliphatic carbocycles. The second-order valence-corrected chi connectivity index (χ2v) is 5.76. The molecule has 4 rings (SSSR count). The Kier molecular flexibility index (Phi) is 3.95. The third-order valence-corrected chi connectivity index (χ3v) is 3.85. The maximum absolute atomic E-state index is 12.3. The van der Waals surface area contributed by atoms with E-state index in [4.69, 9.17) is 0 Å². The Morgan fingerprint density at radius 3 is 2.54 bits per heavy atom. The number of aryl methyl sites for hydroxylation is 2. The van der Waals surface area contributed by atoms with Crippen molar-refractivity contribution in [3.05, 3.63) is 60.2 Å². The van der Waals surface area contributed by atoms with E-state index in [1.165, 1.54) is 18.2 Å². The Balaban J connectivity index is 1.51. The van der Waals surface area contributed by atoms with Crippen LogP contribution in [0.25, 0.3) is 22.1 Å². The molecular weight excluding hydrogens is 345 g/mol. The fraction of sp³-hybridized carbons (Fsp3) is 0.167. The predicted octanol–water partition coefficient (Wildman–Crippen LogP) is 4.19. The van der Waals surface area contributed by atoms with Crippen molar-refractivity contribution < 1.29 is 17.9 Å². The van der Waals surface area contributed by atoms with Crippen LogP contribution in [0.1, 0.15) is 11.5 Å². The van der Waals surface area contributed by atoms with Gasteiger partial charge in [-0.15, -0.1) is 13.2 Å². The SMILES string of the molecule is FC(F)(F)Oc1ccc2[nH]c(CCc3cnc4ccccc4n3)nc2c1. The van der Waals surface area contributed by atoms with Gasteiger partial charge in [-0.05, 0) is 30.7 Å². The van der Waals surface area contributed by atoms with E-state index in [0.29, 0.717) is 29.7 Å². The summed E-state index contributed by atoms with van der Waals surface area (Å²) in [6.07, 6.45) is -1.82. The van der Waals surface area contributed by atoms with Gasteiger partial charge in [0.2, 0.25) is 0 Å². The summed E-state index contributed by atoms with van der Waals surface area (Å²) in [7, 11) is 0. The molecule has 2 aromatic carbocycles. The average molecular weight is 358 g/mol. The highest BCUT2D eigenvalue weighted by molar-refractivity contribution is 5.77. The van der Waals surface area contributed by atoms with Crippen molar-refractivity contribution >= 4 is 22.1 Å². The molecule has 0 aliphatic heterocycles. The number of hydrogen-bond acceptors (Lipinski definition) is 4. The highest BCUT2D eigenvalue weighted by Crippen LogP contribution is 2.25. The van der Waals surface area contributed by atoms with E-state index in [0.717, 1.165) is 16.7 Å². The van der Waals surface area contributed by atoms with Gasteiger partial charge in [0.05, 0.1) is 27.8 Å². The second-order valence-electron chi connectivity index (χ2n) is 5.76. The number of nitrogens with one attached hydrogen (secondary N) is 1. The molecule has 2 aromatic heterocycles. The number of rotatable bonds is 4. The number of nitrogens with zero attached hydrogens (tertiary/aromatic N) is 3. The topological polar surface area (TPSA) is 63.7 Å². The van der Waals surface area contributed by atoms with Crippen LogP contribution in [0.15, 0.2) is 48.7 Å². The van der Waals surface area contributed by atoms with Gasteiger partial charge >= 0.3 is 6.36 Å². The zero-order chi connectivity index (χ0) is 18.1. The van der Waals surface area contributed by atoms with Crippen LogP contribution in [0.4, 0.5) is 13.2 Å². The van der Waals surface area contributed by atoms with Gasteiger partial charge in [0.1, 0.15) is 11.6 Å². The zero-order valence-corrected chi connectivity index (χ0v) is 13.4. The van der Waals surface area contributed by atoms with E-state index in [2.05, 4.69) is 24.7 Å². The summed E-state index contributed by atoms with van der Waals surface area (Å²) in [6, 6.07) is 11.6. The minimum atomic E-state index is -4.72. The fourth-order valence-corrected chi connectivity index (χ4v) is 2.72. The van der Waals surface area contributed by atoms with Gasteiger partial charge in [0, 0.05) is 18.7 Å². The van der Waals surface area contributed by atoms with Crippen LogP contribution in [-0.2, 0) is 12.8 Å². The summed E-state index contributed by atoms with van der Waals surface area (Å²) in [5, 5.41) is 0. The number of para-hydroxylation sites is 2. The molecule has 1 N–H and O–H groups in total. The molecule has 0 atom stereocenters. The molecule has 0 aliphatic rings.